The highest BCUT2D eigenvalue weighted by Gasteiger charge is 2.34. The van der Waals surface area contributed by atoms with Gasteiger partial charge in [0.15, 0.2) is 6.10 Å². The first kappa shape index (κ1) is 11.4. The molecule has 0 rings (SSSR count). The molecule has 0 radical (unpaired) electrons. The molecule has 0 aliphatic carbocycles. The van der Waals surface area contributed by atoms with Gasteiger partial charge in [0.2, 0.25) is 6.10 Å². The normalized spacial score (nSPS) is 14.3. The molecule has 0 amide bonds. The van der Waals surface area contributed by atoms with Gasteiger partial charge in [-0.05, 0) is 0 Å². The van der Waals surface area contributed by atoms with Gasteiger partial charge in [-0.1, -0.05) is 0 Å². The molecule has 0 saturated heterocycles. The molecule has 0 unspecified atom stereocenters. The van der Waals surface area contributed by atoms with E-state index in [1.165, 1.54) is 0 Å². The van der Waals surface area contributed by atoms with Crippen molar-refractivity contribution >= 4 is 17.9 Å². The molecule has 0 aliphatic heterocycles. The Kier molecular flexibility index (Phi) is 3.86. The quantitative estimate of drug-likeness (QED) is 0.461. The van der Waals surface area contributed by atoms with Crippen molar-refractivity contribution in [3.05, 3.63) is 0 Å². The fraction of sp³-hybridized carbons (Fsp3) is 0.500. The summed E-state index contributed by atoms with van der Waals surface area (Å²) in [6.07, 6.45) is -4.34. The SMILES string of the molecule is CC(=O)O[C@@H](C(=O)O)[C@@H](O)C(=O)O. The van der Waals surface area contributed by atoms with Gasteiger partial charge >= 0.3 is 17.9 Å². The molecule has 0 heterocycles. The Morgan fingerprint density at radius 1 is 1.15 bits per heavy atom. The van der Waals surface area contributed by atoms with Gasteiger partial charge in [-0.2, -0.15) is 0 Å². The molecule has 7 heteroatoms. The van der Waals surface area contributed by atoms with E-state index >= 15 is 0 Å². The zero-order valence-electron chi connectivity index (χ0n) is 6.63. The van der Waals surface area contributed by atoms with Crippen LogP contribution in [0.3, 0.4) is 0 Å². The summed E-state index contributed by atoms with van der Waals surface area (Å²) in [5, 5.41) is 25.3. The summed E-state index contributed by atoms with van der Waals surface area (Å²) >= 11 is 0. The van der Waals surface area contributed by atoms with Crippen LogP contribution in [-0.4, -0.2) is 45.4 Å². The molecule has 0 aromatic rings. The molecule has 0 spiro atoms. The molecule has 0 aromatic heterocycles. The predicted molar refractivity (Wildman–Crippen MR) is 36.8 cm³/mol. The molecule has 0 saturated carbocycles. The molecule has 0 bridgehead atoms. The van der Waals surface area contributed by atoms with Crippen LogP contribution in [0.2, 0.25) is 0 Å². The second kappa shape index (κ2) is 4.41. The van der Waals surface area contributed by atoms with Crippen LogP contribution in [0.15, 0.2) is 0 Å². The highest BCUT2D eigenvalue weighted by atomic mass is 16.6. The van der Waals surface area contributed by atoms with Crippen molar-refractivity contribution in [2.24, 2.45) is 0 Å². The molecule has 13 heavy (non-hydrogen) atoms. The lowest BCUT2D eigenvalue weighted by molar-refractivity contribution is -0.177. The average molecular weight is 192 g/mol. The standard InChI is InChI=1S/C6H8O7/c1-2(7)13-4(6(11)12)3(8)5(9)10/h3-4,8H,1H3,(H,9,10)(H,11,12)/t3-,4-/m1/s1. The lowest BCUT2D eigenvalue weighted by Gasteiger charge is -2.14. The van der Waals surface area contributed by atoms with E-state index in [1.807, 2.05) is 0 Å². The molecule has 2 atom stereocenters. The zero-order valence-corrected chi connectivity index (χ0v) is 6.63. The largest absolute Gasteiger partial charge is 0.479 e. The van der Waals surface area contributed by atoms with E-state index in [1.54, 1.807) is 0 Å². The van der Waals surface area contributed by atoms with Gasteiger partial charge < -0.3 is 20.1 Å². The maximum atomic E-state index is 10.3. The lowest BCUT2D eigenvalue weighted by atomic mass is 10.2. The number of hydrogen-bond acceptors (Lipinski definition) is 5. The number of hydrogen-bond donors (Lipinski definition) is 3. The summed E-state index contributed by atoms with van der Waals surface area (Å²) in [5.74, 6) is -4.47. The number of carbonyl (C=O) groups is 3. The molecule has 0 aliphatic rings. The van der Waals surface area contributed by atoms with Crippen LogP contribution in [0.5, 0.6) is 0 Å². The zero-order chi connectivity index (χ0) is 10.6. The van der Waals surface area contributed by atoms with Crippen LogP contribution >= 0.6 is 0 Å². The first-order valence-corrected chi connectivity index (χ1v) is 3.17. The Morgan fingerprint density at radius 3 is 1.85 bits per heavy atom. The smallest absolute Gasteiger partial charge is 0.348 e. The number of esters is 1. The Hall–Kier alpha value is -1.63. The molecular formula is C6H8O7. The van der Waals surface area contributed by atoms with E-state index in [0.29, 0.717) is 0 Å². The van der Waals surface area contributed by atoms with E-state index in [9.17, 15) is 14.4 Å². The molecule has 3 N–H and O–H groups in total. The van der Waals surface area contributed by atoms with Gasteiger partial charge in [0.1, 0.15) is 0 Å². The van der Waals surface area contributed by atoms with E-state index in [-0.39, 0.29) is 0 Å². The summed E-state index contributed by atoms with van der Waals surface area (Å²) in [6.45, 7) is 0.907. The highest BCUT2D eigenvalue weighted by molar-refractivity contribution is 5.85. The second-order valence-electron chi connectivity index (χ2n) is 2.15. The van der Waals surface area contributed by atoms with Gasteiger partial charge in [-0.25, -0.2) is 9.59 Å². The Labute approximate surface area is 72.5 Å². The van der Waals surface area contributed by atoms with Crippen molar-refractivity contribution < 1.29 is 34.4 Å². The average Bonchev–Trinajstić information content (AvgIpc) is 1.97. The summed E-state index contributed by atoms with van der Waals surface area (Å²) in [6, 6.07) is 0. The van der Waals surface area contributed by atoms with Crippen molar-refractivity contribution in [1.82, 2.24) is 0 Å². The van der Waals surface area contributed by atoms with Gasteiger partial charge in [0, 0.05) is 6.92 Å². The monoisotopic (exact) mass is 192 g/mol. The van der Waals surface area contributed by atoms with Crippen LogP contribution in [0.4, 0.5) is 0 Å². The molecule has 0 aromatic carbocycles. The minimum absolute atomic E-state index is 0.907. The number of aliphatic hydroxyl groups excluding tert-OH is 1. The summed E-state index contributed by atoms with van der Waals surface area (Å²) in [7, 11) is 0. The third kappa shape index (κ3) is 3.52. The number of rotatable bonds is 4. The molecule has 0 fully saturated rings. The third-order valence-electron chi connectivity index (χ3n) is 1.08. The van der Waals surface area contributed by atoms with Crippen molar-refractivity contribution in [2.45, 2.75) is 19.1 Å². The molecule has 7 nitrogen and oxygen atoms in total. The minimum Gasteiger partial charge on any atom is -0.479 e. The fourth-order valence-electron chi connectivity index (χ4n) is 0.558. The van der Waals surface area contributed by atoms with Crippen molar-refractivity contribution in [3.8, 4) is 0 Å². The Morgan fingerprint density at radius 2 is 1.62 bits per heavy atom. The molecular weight excluding hydrogens is 184 g/mol. The van der Waals surface area contributed by atoms with Gasteiger partial charge in [0.05, 0.1) is 0 Å². The van der Waals surface area contributed by atoms with Crippen LogP contribution < -0.4 is 0 Å². The van der Waals surface area contributed by atoms with Gasteiger partial charge in [-0.3, -0.25) is 4.79 Å². The van der Waals surface area contributed by atoms with E-state index < -0.39 is 30.1 Å². The van der Waals surface area contributed by atoms with Crippen LogP contribution in [-0.2, 0) is 19.1 Å². The number of carboxylic acids is 2. The minimum atomic E-state index is -2.26. The Balaban J connectivity index is 4.51. The predicted octanol–water partition coefficient (Wildman–Crippen LogP) is -1.55. The van der Waals surface area contributed by atoms with Crippen molar-refractivity contribution in [1.29, 1.82) is 0 Å². The van der Waals surface area contributed by atoms with E-state index in [4.69, 9.17) is 15.3 Å². The topological polar surface area (TPSA) is 121 Å². The fourth-order valence-corrected chi connectivity index (χ4v) is 0.558. The van der Waals surface area contributed by atoms with E-state index in [2.05, 4.69) is 4.74 Å². The lowest BCUT2D eigenvalue weighted by Crippen LogP contribution is -2.42. The first-order chi connectivity index (χ1) is 5.86. The number of ether oxygens (including phenoxy) is 1. The van der Waals surface area contributed by atoms with Gasteiger partial charge in [0.25, 0.3) is 0 Å². The third-order valence-corrected chi connectivity index (χ3v) is 1.08. The van der Waals surface area contributed by atoms with Gasteiger partial charge in [-0.15, -0.1) is 0 Å². The number of aliphatic hydroxyl groups is 1. The highest BCUT2D eigenvalue weighted by Crippen LogP contribution is 2.01. The summed E-state index contributed by atoms with van der Waals surface area (Å²) < 4.78 is 4.07. The summed E-state index contributed by atoms with van der Waals surface area (Å²) in [5.41, 5.74) is 0. The van der Waals surface area contributed by atoms with E-state index in [0.717, 1.165) is 6.92 Å². The first-order valence-electron chi connectivity index (χ1n) is 3.17. The Bertz CT molecular complexity index is 233. The van der Waals surface area contributed by atoms with Crippen LogP contribution in [0.25, 0.3) is 0 Å². The second-order valence-corrected chi connectivity index (χ2v) is 2.15. The molecule has 74 valence electrons. The number of carbonyl (C=O) groups excluding carboxylic acids is 1. The van der Waals surface area contributed by atoms with Crippen molar-refractivity contribution in [2.75, 3.05) is 0 Å². The van der Waals surface area contributed by atoms with Crippen molar-refractivity contribution in [3.63, 3.8) is 0 Å². The van der Waals surface area contributed by atoms with Crippen LogP contribution in [0.1, 0.15) is 6.92 Å². The summed E-state index contributed by atoms with van der Waals surface area (Å²) in [4.78, 5) is 30.7. The maximum Gasteiger partial charge on any atom is 0.348 e. The number of carboxylic acid groups (broad SMARTS) is 2. The maximum absolute atomic E-state index is 10.3. The van der Waals surface area contributed by atoms with Crippen LogP contribution in [0, 0.1) is 0 Å². The number of aliphatic carboxylic acids is 2.